The molecule has 1 aromatic heterocycles. The zero-order valence-electron chi connectivity index (χ0n) is 15.9. The zero-order valence-corrected chi connectivity index (χ0v) is 16.8. The number of amides is 3. The van der Waals surface area contributed by atoms with Crippen molar-refractivity contribution in [3.8, 4) is 0 Å². The maximum atomic E-state index is 12.4. The number of hydrogen-bond donors (Lipinski definition) is 3. The van der Waals surface area contributed by atoms with E-state index in [1.165, 1.54) is 24.3 Å². The lowest BCUT2D eigenvalue weighted by atomic mass is 10.2. The summed E-state index contributed by atoms with van der Waals surface area (Å²) in [7, 11) is 0. The number of anilines is 2. The Morgan fingerprint density at radius 3 is 2.19 bits per heavy atom. The van der Waals surface area contributed by atoms with Crippen molar-refractivity contribution in [1.82, 2.24) is 10.3 Å². The van der Waals surface area contributed by atoms with Gasteiger partial charge in [-0.3, -0.25) is 9.78 Å². The Kier molecular flexibility index (Phi) is 7.14. The first kappa shape index (κ1) is 22.2. The van der Waals surface area contributed by atoms with Crippen LogP contribution < -0.4 is 16.0 Å². The van der Waals surface area contributed by atoms with Gasteiger partial charge in [0.2, 0.25) is 0 Å². The minimum atomic E-state index is -4.39. The van der Waals surface area contributed by atoms with Gasteiger partial charge >= 0.3 is 11.5 Å². The van der Waals surface area contributed by atoms with Crippen molar-refractivity contribution in [3.63, 3.8) is 0 Å². The highest BCUT2D eigenvalue weighted by molar-refractivity contribution is 8.00. The number of benzene rings is 2. The molecule has 0 aliphatic rings. The number of urea groups is 1. The van der Waals surface area contributed by atoms with E-state index in [0.717, 1.165) is 5.56 Å². The molecule has 3 amide bonds. The highest BCUT2D eigenvalue weighted by Crippen LogP contribution is 2.36. The number of nitrogens with zero attached hydrogens (tertiary/aromatic N) is 1. The third kappa shape index (κ3) is 7.34. The summed E-state index contributed by atoms with van der Waals surface area (Å²) in [5.74, 6) is -0.483. The van der Waals surface area contributed by atoms with Gasteiger partial charge in [-0.05, 0) is 71.9 Å². The summed E-state index contributed by atoms with van der Waals surface area (Å²) in [6.45, 7) is 0.327. The van der Waals surface area contributed by atoms with Crippen LogP contribution in [0, 0.1) is 0 Å². The standard InChI is InChI=1S/C21H17F3N4O2S/c22-21(23,24)31-18-6-4-15(5-7-18)19(29)27-16-2-1-3-17(12-16)28-20(30)26-13-14-8-10-25-11-9-14/h1-12H,13H2,(H,27,29)(H2,26,28,30). The first-order valence-electron chi connectivity index (χ1n) is 8.99. The Hall–Kier alpha value is -3.53. The lowest BCUT2D eigenvalue weighted by Crippen LogP contribution is -2.28. The molecule has 1 heterocycles. The van der Waals surface area contributed by atoms with Crippen LogP contribution in [0.3, 0.4) is 0 Å². The van der Waals surface area contributed by atoms with E-state index >= 15 is 0 Å². The Morgan fingerprint density at radius 1 is 0.903 bits per heavy atom. The van der Waals surface area contributed by atoms with E-state index in [0.29, 0.717) is 17.9 Å². The Morgan fingerprint density at radius 2 is 1.55 bits per heavy atom. The molecule has 3 aromatic rings. The molecule has 0 spiro atoms. The van der Waals surface area contributed by atoms with Gasteiger partial charge in [-0.2, -0.15) is 13.2 Å². The summed E-state index contributed by atoms with van der Waals surface area (Å²) in [6, 6.07) is 14.8. The number of nitrogens with one attached hydrogen (secondary N) is 3. The van der Waals surface area contributed by atoms with Gasteiger partial charge in [0.25, 0.3) is 5.91 Å². The summed E-state index contributed by atoms with van der Waals surface area (Å²) < 4.78 is 37.2. The largest absolute Gasteiger partial charge is 0.446 e. The molecular formula is C21H17F3N4O2S. The number of carbonyl (C=O) groups is 2. The monoisotopic (exact) mass is 446 g/mol. The van der Waals surface area contributed by atoms with Gasteiger partial charge in [-0.1, -0.05) is 6.07 Å². The molecule has 31 heavy (non-hydrogen) atoms. The van der Waals surface area contributed by atoms with Gasteiger partial charge in [0.1, 0.15) is 0 Å². The third-order valence-electron chi connectivity index (χ3n) is 3.93. The predicted octanol–water partition coefficient (Wildman–Crippen LogP) is 5.27. The van der Waals surface area contributed by atoms with E-state index in [1.54, 1.807) is 48.8 Å². The van der Waals surface area contributed by atoms with Gasteiger partial charge < -0.3 is 16.0 Å². The van der Waals surface area contributed by atoms with E-state index in [1.807, 2.05) is 0 Å². The topological polar surface area (TPSA) is 83.1 Å². The van der Waals surface area contributed by atoms with Crippen LogP contribution in [0.15, 0.2) is 78.0 Å². The van der Waals surface area contributed by atoms with Crippen LogP contribution in [0.1, 0.15) is 15.9 Å². The molecular weight excluding hydrogens is 429 g/mol. The van der Waals surface area contributed by atoms with Crippen molar-refractivity contribution in [2.24, 2.45) is 0 Å². The summed E-state index contributed by atoms with van der Waals surface area (Å²) in [5, 5.41) is 8.03. The molecule has 0 fully saturated rings. The molecule has 3 rings (SSSR count). The van der Waals surface area contributed by atoms with Crippen LogP contribution in [-0.4, -0.2) is 22.4 Å². The van der Waals surface area contributed by atoms with E-state index < -0.39 is 17.4 Å². The zero-order chi connectivity index (χ0) is 22.3. The second-order valence-corrected chi connectivity index (χ2v) is 7.41. The average Bonchev–Trinajstić information content (AvgIpc) is 2.72. The summed E-state index contributed by atoms with van der Waals surface area (Å²) >= 11 is -0.246. The molecule has 3 N–H and O–H groups in total. The molecule has 0 atom stereocenters. The molecule has 0 unspecified atom stereocenters. The number of pyridine rings is 1. The molecule has 160 valence electrons. The van der Waals surface area contributed by atoms with Gasteiger partial charge in [0.15, 0.2) is 0 Å². The van der Waals surface area contributed by atoms with Crippen molar-refractivity contribution in [1.29, 1.82) is 0 Å². The first-order chi connectivity index (χ1) is 14.8. The third-order valence-corrected chi connectivity index (χ3v) is 4.67. The molecule has 0 bridgehead atoms. The van der Waals surface area contributed by atoms with Crippen molar-refractivity contribution in [2.45, 2.75) is 16.9 Å². The van der Waals surface area contributed by atoms with Crippen molar-refractivity contribution < 1.29 is 22.8 Å². The molecule has 0 aliphatic heterocycles. The highest BCUT2D eigenvalue weighted by Gasteiger charge is 2.29. The fraction of sp³-hybridized carbons (Fsp3) is 0.0952. The molecule has 0 radical (unpaired) electrons. The molecule has 10 heteroatoms. The normalized spacial score (nSPS) is 10.9. The smallest absolute Gasteiger partial charge is 0.334 e. The number of hydrogen-bond acceptors (Lipinski definition) is 4. The maximum Gasteiger partial charge on any atom is 0.446 e. The van der Waals surface area contributed by atoms with Crippen LogP contribution in [0.5, 0.6) is 0 Å². The van der Waals surface area contributed by atoms with E-state index in [9.17, 15) is 22.8 Å². The number of carbonyl (C=O) groups excluding carboxylic acids is 2. The molecule has 0 aliphatic carbocycles. The second-order valence-electron chi connectivity index (χ2n) is 6.27. The van der Waals surface area contributed by atoms with Crippen LogP contribution >= 0.6 is 11.8 Å². The Balaban J connectivity index is 1.56. The van der Waals surface area contributed by atoms with E-state index in [-0.39, 0.29) is 22.2 Å². The number of alkyl halides is 3. The number of thioether (sulfide) groups is 1. The lowest BCUT2D eigenvalue weighted by Gasteiger charge is -2.10. The first-order valence-corrected chi connectivity index (χ1v) is 9.81. The van der Waals surface area contributed by atoms with Gasteiger partial charge in [0.05, 0.1) is 0 Å². The number of aromatic nitrogens is 1. The predicted molar refractivity (Wildman–Crippen MR) is 113 cm³/mol. The molecule has 6 nitrogen and oxygen atoms in total. The van der Waals surface area contributed by atoms with E-state index in [2.05, 4.69) is 20.9 Å². The lowest BCUT2D eigenvalue weighted by molar-refractivity contribution is -0.0328. The average molecular weight is 446 g/mol. The summed E-state index contributed by atoms with van der Waals surface area (Å²) in [6.07, 6.45) is 3.26. The summed E-state index contributed by atoms with van der Waals surface area (Å²) in [5.41, 5.74) is -2.40. The maximum absolute atomic E-state index is 12.4. The SMILES string of the molecule is O=C(NCc1ccncc1)Nc1cccc(NC(=O)c2ccc(SC(F)(F)F)cc2)c1. The van der Waals surface area contributed by atoms with Crippen LogP contribution in [-0.2, 0) is 6.54 Å². The highest BCUT2D eigenvalue weighted by atomic mass is 32.2. The number of rotatable bonds is 6. The fourth-order valence-electron chi connectivity index (χ4n) is 2.54. The quantitative estimate of drug-likeness (QED) is 0.451. The van der Waals surface area contributed by atoms with Crippen LogP contribution in [0.25, 0.3) is 0 Å². The van der Waals surface area contributed by atoms with E-state index in [4.69, 9.17) is 0 Å². The van der Waals surface area contributed by atoms with Gasteiger partial charge in [0, 0.05) is 40.8 Å². The fourth-order valence-corrected chi connectivity index (χ4v) is 3.08. The molecule has 0 saturated heterocycles. The molecule has 2 aromatic carbocycles. The van der Waals surface area contributed by atoms with Gasteiger partial charge in [-0.25, -0.2) is 4.79 Å². The van der Waals surface area contributed by atoms with Crippen LogP contribution in [0.4, 0.5) is 29.3 Å². The van der Waals surface area contributed by atoms with Crippen molar-refractivity contribution in [3.05, 3.63) is 84.2 Å². The minimum Gasteiger partial charge on any atom is -0.334 e. The van der Waals surface area contributed by atoms with Gasteiger partial charge in [-0.15, -0.1) is 0 Å². The van der Waals surface area contributed by atoms with Crippen molar-refractivity contribution in [2.75, 3.05) is 10.6 Å². The second kappa shape index (κ2) is 9.98. The van der Waals surface area contributed by atoms with Crippen molar-refractivity contribution >= 4 is 35.1 Å². The Bertz CT molecular complexity index is 1040. The Labute approximate surface area is 180 Å². The minimum absolute atomic E-state index is 0.00646. The molecule has 0 saturated carbocycles. The number of halogens is 3. The summed E-state index contributed by atoms with van der Waals surface area (Å²) in [4.78, 5) is 28.3. The van der Waals surface area contributed by atoms with Crippen LogP contribution in [0.2, 0.25) is 0 Å².